The van der Waals surface area contributed by atoms with E-state index in [1.807, 2.05) is 0 Å². The fourth-order valence-corrected chi connectivity index (χ4v) is 2.34. The Hall–Kier alpha value is -2.00. The number of ether oxygens (including phenoxy) is 1. The second kappa shape index (κ2) is 7.14. The van der Waals surface area contributed by atoms with Crippen LogP contribution in [0.1, 0.15) is 16.7 Å². The fraction of sp³-hybridized carbons (Fsp3) is 0.333. The fourth-order valence-electron chi connectivity index (χ4n) is 2.34. The average molecular weight is 284 g/mol. The van der Waals surface area contributed by atoms with Crippen LogP contribution in [0.3, 0.4) is 0 Å². The highest BCUT2D eigenvalue weighted by Crippen LogP contribution is 2.22. The van der Waals surface area contributed by atoms with Crippen molar-refractivity contribution in [2.24, 2.45) is 0 Å². The Morgan fingerprint density at radius 1 is 1.05 bits per heavy atom. The first kappa shape index (κ1) is 15.4. The van der Waals surface area contributed by atoms with Crippen molar-refractivity contribution in [3.8, 4) is 0 Å². The second-order valence-electron chi connectivity index (χ2n) is 5.45. The van der Waals surface area contributed by atoms with Gasteiger partial charge in [0, 0.05) is 39.1 Å². The first-order chi connectivity index (χ1) is 10.1. The minimum absolute atomic E-state index is 0.649. The molecule has 0 unspecified atom stereocenters. The molecule has 0 amide bonds. The molecule has 2 aromatic rings. The van der Waals surface area contributed by atoms with Gasteiger partial charge in [0.1, 0.15) is 0 Å². The van der Waals surface area contributed by atoms with Crippen molar-refractivity contribution >= 4 is 11.4 Å². The van der Waals surface area contributed by atoms with Crippen LogP contribution in [0.4, 0.5) is 11.4 Å². The maximum Gasteiger partial charge on any atom is 0.0716 e. The van der Waals surface area contributed by atoms with E-state index in [1.54, 1.807) is 7.11 Å². The third kappa shape index (κ3) is 3.99. The van der Waals surface area contributed by atoms with Crippen molar-refractivity contribution < 1.29 is 4.74 Å². The van der Waals surface area contributed by atoms with E-state index in [0.717, 1.165) is 6.54 Å². The molecule has 112 valence electrons. The molecule has 1 N–H and O–H groups in total. The summed E-state index contributed by atoms with van der Waals surface area (Å²) >= 11 is 0. The summed E-state index contributed by atoms with van der Waals surface area (Å²) in [4.78, 5) is 2.12. The number of rotatable bonds is 6. The quantitative estimate of drug-likeness (QED) is 0.872. The van der Waals surface area contributed by atoms with Crippen molar-refractivity contribution in [3.05, 3.63) is 59.2 Å². The number of hydrogen-bond donors (Lipinski definition) is 1. The molecule has 0 saturated carbocycles. The molecule has 0 spiro atoms. The van der Waals surface area contributed by atoms with E-state index in [2.05, 4.69) is 73.7 Å². The zero-order chi connectivity index (χ0) is 15.2. The molecule has 0 atom stereocenters. The van der Waals surface area contributed by atoms with E-state index in [-0.39, 0.29) is 0 Å². The van der Waals surface area contributed by atoms with Crippen LogP contribution in [-0.2, 0) is 17.9 Å². The highest BCUT2D eigenvalue weighted by atomic mass is 16.5. The SMILES string of the molecule is COCc1ccccc1CNc1ccc(N(C)C)cc1C. The predicted molar refractivity (Wildman–Crippen MR) is 90.0 cm³/mol. The van der Waals surface area contributed by atoms with Crippen LogP contribution < -0.4 is 10.2 Å². The number of methoxy groups -OCH3 is 1. The van der Waals surface area contributed by atoms with Crippen molar-refractivity contribution in [1.82, 2.24) is 0 Å². The van der Waals surface area contributed by atoms with E-state index < -0.39 is 0 Å². The van der Waals surface area contributed by atoms with Crippen LogP contribution in [0.2, 0.25) is 0 Å². The van der Waals surface area contributed by atoms with Crippen LogP contribution in [0, 0.1) is 6.92 Å². The minimum atomic E-state index is 0.649. The van der Waals surface area contributed by atoms with Crippen LogP contribution in [0.5, 0.6) is 0 Å². The molecular formula is C18H24N2O. The molecule has 21 heavy (non-hydrogen) atoms. The lowest BCUT2D eigenvalue weighted by molar-refractivity contribution is 0.184. The lowest BCUT2D eigenvalue weighted by Gasteiger charge is -2.17. The summed E-state index contributed by atoms with van der Waals surface area (Å²) in [5, 5.41) is 3.52. The van der Waals surface area contributed by atoms with Gasteiger partial charge in [0.15, 0.2) is 0 Å². The standard InChI is InChI=1S/C18H24N2O/c1-14-11-17(20(2)3)9-10-18(14)19-12-15-7-5-6-8-16(15)13-21-4/h5-11,19H,12-13H2,1-4H3. The summed E-state index contributed by atoms with van der Waals surface area (Å²) in [6, 6.07) is 14.9. The monoisotopic (exact) mass is 284 g/mol. The molecule has 0 aliphatic rings. The van der Waals surface area contributed by atoms with Gasteiger partial charge >= 0.3 is 0 Å². The molecule has 0 radical (unpaired) electrons. The molecular weight excluding hydrogens is 260 g/mol. The number of anilines is 2. The molecule has 0 fully saturated rings. The Morgan fingerprint density at radius 3 is 2.38 bits per heavy atom. The first-order valence-corrected chi connectivity index (χ1v) is 7.19. The van der Waals surface area contributed by atoms with Gasteiger partial charge in [-0.15, -0.1) is 0 Å². The molecule has 2 rings (SSSR count). The summed E-state index contributed by atoms with van der Waals surface area (Å²) in [6.45, 7) is 3.59. The number of hydrogen-bond acceptors (Lipinski definition) is 3. The van der Waals surface area contributed by atoms with Gasteiger partial charge in [-0.25, -0.2) is 0 Å². The zero-order valence-electron chi connectivity index (χ0n) is 13.3. The molecule has 0 aromatic heterocycles. The van der Waals surface area contributed by atoms with Gasteiger partial charge in [0.25, 0.3) is 0 Å². The number of nitrogens with zero attached hydrogens (tertiary/aromatic N) is 1. The zero-order valence-corrected chi connectivity index (χ0v) is 13.3. The summed E-state index contributed by atoms with van der Waals surface area (Å²) < 4.78 is 5.25. The van der Waals surface area contributed by atoms with E-state index in [9.17, 15) is 0 Å². The lowest BCUT2D eigenvalue weighted by atomic mass is 10.1. The van der Waals surface area contributed by atoms with Gasteiger partial charge in [-0.3, -0.25) is 0 Å². The normalized spacial score (nSPS) is 10.5. The van der Waals surface area contributed by atoms with Gasteiger partial charge < -0.3 is 15.0 Å². The van der Waals surface area contributed by atoms with Crippen molar-refractivity contribution in [3.63, 3.8) is 0 Å². The Kier molecular flexibility index (Phi) is 5.23. The second-order valence-corrected chi connectivity index (χ2v) is 5.45. The first-order valence-electron chi connectivity index (χ1n) is 7.19. The minimum Gasteiger partial charge on any atom is -0.381 e. The smallest absolute Gasteiger partial charge is 0.0716 e. The van der Waals surface area contributed by atoms with Gasteiger partial charge in [0.2, 0.25) is 0 Å². The van der Waals surface area contributed by atoms with E-state index in [0.29, 0.717) is 6.61 Å². The molecule has 0 aliphatic heterocycles. The van der Waals surface area contributed by atoms with Gasteiger partial charge in [-0.2, -0.15) is 0 Å². The Morgan fingerprint density at radius 2 is 1.76 bits per heavy atom. The summed E-state index contributed by atoms with van der Waals surface area (Å²) in [6.07, 6.45) is 0. The predicted octanol–water partition coefficient (Wildman–Crippen LogP) is 3.82. The highest BCUT2D eigenvalue weighted by Gasteiger charge is 2.04. The maximum absolute atomic E-state index is 5.25. The van der Waals surface area contributed by atoms with Crippen molar-refractivity contribution in [2.75, 3.05) is 31.4 Å². The number of aryl methyl sites for hydroxylation is 1. The third-order valence-corrected chi connectivity index (χ3v) is 3.61. The van der Waals surface area contributed by atoms with Gasteiger partial charge in [0.05, 0.1) is 6.61 Å². The summed E-state index contributed by atoms with van der Waals surface area (Å²) in [5.74, 6) is 0. The van der Waals surface area contributed by atoms with Gasteiger partial charge in [-0.1, -0.05) is 24.3 Å². The molecule has 0 heterocycles. The largest absolute Gasteiger partial charge is 0.381 e. The molecule has 3 heteroatoms. The maximum atomic E-state index is 5.25. The molecule has 0 saturated heterocycles. The van der Waals surface area contributed by atoms with Crippen molar-refractivity contribution in [2.45, 2.75) is 20.1 Å². The lowest BCUT2D eigenvalue weighted by Crippen LogP contribution is -2.09. The van der Waals surface area contributed by atoms with Crippen molar-refractivity contribution in [1.29, 1.82) is 0 Å². The topological polar surface area (TPSA) is 24.5 Å². The summed E-state index contributed by atoms with van der Waals surface area (Å²) in [5.41, 5.74) is 6.15. The molecule has 0 bridgehead atoms. The third-order valence-electron chi connectivity index (χ3n) is 3.61. The van der Waals surface area contributed by atoms with E-state index >= 15 is 0 Å². The Bertz CT molecular complexity index is 594. The van der Waals surface area contributed by atoms with Crippen LogP contribution in [0.25, 0.3) is 0 Å². The Labute approximate surface area is 127 Å². The highest BCUT2D eigenvalue weighted by molar-refractivity contribution is 5.60. The Balaban J connectivity index is 2.10. The molecule has 3 nitrogen and oxygen atoms in total. The van der Waals surface area contributed by atoms with E-state index in [1.165, 1.54) is 28.1 Å². The molecule has 2 aromatic carbocycles. The number of benzene rings is 2. The summed E-state index contributed by atoms with van der Waals surface area (Å²) in [7, 11) is 5.85. The molecule has 0 aliphatic carbocycles. The van der Waals surface area contributed by atoms with E-state index in [4.69, 9.17) is 4.74 Å². The van der Waals surface area contributed by atoms with Crippen LogP contribution in [-0.4, -0.2) is 21.2 Å². The van der Waals surface area contributed by atoms with Gasteiger partial charge in [-0.05, 0) is 41.8 Å². The van der Waals surface area contributed by atoms with Crippen LogP contribution >= 0.6 is 0 Å². The average Bonchev–Trinajstić information content (AvgIpc) is 2.47. The van der Waals surface area contributed by atoms with Crippen LogP contribution in [0.15, 0.2) is 42.5 Å². The number of nitrogens with one attached hydrogen (secondary N) is 1.